The lowest BCUT2D eigenvalue weighted by molar-refractivity contribution is 0.0750. The predicted octanol–water partition coefficient (Wildman–Crippen LogP) is 4.79. The molecule has 28 heavy (non-hydrogen) atoms. The van der Waals surface area contributed by atoms with Crippen LogP contribution < -0.4 is 10.6 Å². The SMILES string of the molecule is COC[C@H]1CCCN1[C@@H](C)C1CCCC1P(c1ccccc1)c1ccccc1. The van der Waals surface area contributed by atoms with E-state index in [-0.39, 0.29) is 7.92 Å². The molecule has 150 valence electrons. The average molecular weight is 396 g/mol. The lowest BCUT2D eigenvalue weighted by Crippen LogP contribution is -2.46. The third-order valence-electron chi connectivity index (χ3n) is 6.86. The summed E-state index contributed by atoms with van der Waals surface area (Å²) in [5, 5.41) is 3.09. The Morgan fingerprint density at radius 1 is 0.929 bits per heavy atom. The molecule has 2 aliphatic rings. The number of rotatable bonds is 7. The van der Waals surface area contributed by atoms with Crippen molar-refractivity contribution < 1.29 is 4.74 Å². The number of likely N-dealkylation sites (tertiary alicyclic amines) is 1. The van der Waals surface area contributed by atoms with Crippen molar-refractivity contribution in [1.29, 1.82) is 0 Å². The molecule has 2 unspecified atom stereocenters. The van der Waals surface area contributed by atoms with Gasteiger partial charge in [-0.15, -0.1) is 0 Å². The molecule has 0 bridgehead atoms. The van der Waals surface area contributed by atoms with E-state index in [1.807, 2.05) is 7.11 Å². The van der Waals surface area contributed by atoms with Crippen molar-refractivity contribution in [1.82, 2.24) is 4.90 Å². The van der Waals surface area contributed by atoms with Crippen LogP contribution >= 0.6 is 7.92 Å². The van der Waals surface area contributed by atoms with Crippen molar-refractivity contribution >= 4 is 18.5 Å². The Labute approximate surface area is 172 Å². The quantitative estimate of drug-likeness (QED) is 0.625. The molecule has 0 N–H and O–H groups in total. The van der Waals surface area contributed by atoms with Crippen molar-refractivity contribution in [2.24, 2.45) is 5.92 Å². The van der Waals surface area contributed by atoms with E-state index >= 15 is 0 Å². The number of benzene rings is 2. The smallest absolute Gasteiger partial charge is 0.0618 e. The van der Waals surface area contributed by atoms with E-state index in [1.165, 1.54) is 38.6 Å². The predicted molar refractivity (Wildman–Crippen MR) is 121 cm³/mol. The van der Waals surface area contributed by atoms with Crippen LogP contribution in [0.1, 0.15) is 39.0 Å². The highest BCUT2D eigenvalue weighted by Gasteiger charge is 2.41. The first-order chi connectivity index (χ1) is 13.8. The summed E-state index contributed by atoms with van der Waals surface area (Å²) in [5.74, 6) is 0.781. The maximum Gasteiger partial charge on any atom is 0.0618 e. The summed E-state index contributed by atoms with van der Waals surface area (Å²) < 4.78 is 5.54. The van der Waals surface area contributed by atoms with Gasteiger partial charge in [0.05, 0.1) is 6.61 Å². The molecule has 2 aromatic carbocycles. The Bertz CT molecular complexity index is 682. The molecular formula is C25H34NOP. The maximum atomic E-state index is 5.54. The zero-order valence-electron chi connectivity index (χ0n) is 17.3. The van der Waals surface area contributed by atoms with Gasteiger partial charge in [-0.25, -0.2) is 0 Å². The van der Waals surface area contributed by atoms with Gasteiger partial charge in [-0.1, -0.05) is 67.1 Å². The summed E-state index contributed by atoms with van der Waals surface area (Å²) in [6.07, 6.45) is 6.73. The normalized spacial score (nSPS) is 26.8. The van der Waals surface area contributed by atoms with Gasteiger partial charge in [-0.2, -0.15) is 0 Å². The molecule has 1 heterocycles. The second-order valence-electron chi connectivity index (χ2n) is 8.43. The number of methoxy groups -OCH3 is 1. The molecule has 2 nitrogen and oxygen atoms in total. The minimum atomic E-state index is -0.318. The Hall–Kier alpha value is -1.21. The molecule has 0 amide bonds. The van der Waals surface area contributed by atoms with E-state index in [0.29, 0.717) is 12.1 Å². The zero-order valence-corrected chi connectivity index (χ0v) is 18.2. The van der Waals surface area contributed by atoms with Crippen LogP contribution in [0.5, 0.6) is 0 Å². The van der Waals surface area contributed by atoms with E-state index < -0.39 is 0 Å². The van der Waals surface area contributed by atoms with Gasteiger partial charge >= 0.3 is 0 Å². The fraction of sp³-hybridized carbons (Fsp3) is 0.520. The lowest BCUT2D eigenvalue weighted by atomic mass is 9.97. The van der Waals surface area contributed by atoms with Gasteiger partial charge in [0.25, 0.3) is 0 Å². The van der Waals surface area contributed by atoms with Crippen molar-refractivity contribution in [2.45, 2.75) is 56.8 Å². The minimum Gasteiger partial charge on any atom is -0.383 e. The van der Waals surface area contributed by atoms with Gasteiger partial charge in [0.2, 0.25) is 0 Å². The molecule has 4 rings (SSSR count). The van der Waals surface area contributed by atoms with E-state index in [4.69, 9.17) is 4.74 Å². The molecule has 1 aliphatic carbocycles. The summed E-state index contributed by atoms with van der Waals surface area (Å²) in [4.78, 5) is 2.77. The van der Waals surface area contributed by atoms with Crippen LogP contribution in [0.25, 0.3) is 0 Å². The second kappa shape index (κ2) is 9.53. The van der Waals surface area contributed by atoms with Crippen LogP contribution in [0, 0.1) is 5.92 Å². The third-order valence-corrected chi connectivity index (χ3v) is 9.87. The van der Waals surface area contributed by atoms with Gasteiger partial charge in [0.1, 0.15) is 0 Å². The van der Waals surface area contributed by atoms with Crippen molar-refractivity contribution in [2.75, 3.05) is 20.3 Å². The monoisotopic (exact) mass is 395 g/mol. The van der Waals surface area contributed by atoms with Crippen molar-refractivity contribution in [3.63, 3.8) is 0 Å². The molecule has 0 aromatic heterocycles. The second-order valence-corrected chi connectivity index (χ2v) is 10.9. The van der Waals surface area contributed by atoms with Gasteiger partial charge in [0.15, 0.2) is 0 Å². The van der Waals surface area contributed by atoms with Crippen LogP contribution in [-0.4, -0.2) is 42.9 Å². The van der Waals surface area contributed by atoms with Crippen molar-refractivity contribution in [3.8, 4) is 0 Å². The highest BCUT2D eigenvalue weighted by molar-refractivity contribution is 7.73. The molecule has 1 aliphatic heterocycles. The molecule has 2 fully saturated rings. The van der Waals surface area contributed by atoms with Gasteiger partial charge in [-0.3, -0.25) is 4.90 Å². The van der Waals surface area contributed by atoms with E-state index in [1.54, 1.807) is 10.6 Å². The van der Waals surface area contributed by atoms with Crippen LogP contribution in [-0.2, 0) is 4.74 Å². The minimum absolute atomic E-state index is 0.318. The number of hydrogen-bond donors (Lipinski definition) is 0. The fourth-order valence-corrected chi connectivity index (χ4v) is 8.85. The van der Waals surface area contributed by atoms with Crippen LogP contribution in [0.4, 0.5) is 0 Å². The maximum absolute atomic E-state index is 5.54. The van der Waals surface area contributed by atoms with Crippen LogP contribution in [0.2, 0.25) is 0 Å². The average Bonchev–Trinajstić information content (AvgIpc) is 3.40. The molecular weight excluding hydrogens is 361 g/mol. The molecule has 1 saturated carbocycles. The lowest BCUT2D eigenvalue weighted by Gasteiger charge is -2.39. The molecule has 2 aromatic rings. The van der Waals surface area contributed by atoms with Crippen molar-refractivity contribution in [3.05, 3.63) is 60.7 Å². The zero-order chi connectivity index (χ0) is 19.3. The summed E-state index contributed by atoms with van der Waals surface area (Å²) in [7, 11) is 1.53. The fourth-order valence-electron chi connectivity index (χ4n) is 5.57. The largest absolute Gasteiger partial charge is 0.383 e. The third kappa shape index (κ3) is 4.20. The Morgan fingerprint density at radius 2 is 1.57 bits per heavy atom. The Morgan fingerprint density at radius 3 is 2.18 bits per heavy atom. The van der Waals surface area contributed by atoms with E-state index in [9.17, 15) is 0 Å². The topological polar surface area (TPSA) is 12.5 Å². The number of hydrogen-bond acceptors (Lipinski definition) is 2. The summed E-state index contributed by atoms with van der Waals surface area (Å²) in [6, 6.07) is 23.9. The Balaban J connectivity index is 1.62. The summed E-state index contributed by atoms with van der Waals surface area (Å²) in [6.45, 7) is 4.63. The highest BCUT2D eigenvalue weighted by atomic mass is 31.1. The first-order valence-corrected chi connectivity index (χ1v) is 12.3. The van der Waals surface area contributed by atoms with E-state index in [2.05, 4.69) is 72.5 Å². The summed E-state index contributed by atoms with van der Waals surface area (Å²) >= 11 is 0. The number of nitrogens with zero attached hydrogens (tertiary/aromatic N) is 1. The van der Waals surface area contributed by atoms with Gasteiger partial charge in [-0.05, 0) is 69.3 Å². The molecule has 3 heteroatoms. The summed E-state index contributed by atoms with van der Waals surface area (Å²) in [5.41, 5.74) is 0.776. The first kappa shape index (κ1) is 20.1. The highest BCUT2D eigenvalue weighted by Crippen LogP contribution is 2.52. The Kier molecular flexibility index (Phi) is 6.83. The molecule has 0 spiro atoms. The van der Waals surface area contributed by atoms with Crippen LogP contribution in [0.15, 0.2) is 60.7 Å². The van der Waals surface area contributed by atoms with E-state index in [0.717, 1.165) is 18.2 Å². The van der Waals surface area contributed by atoms with Gasteiger partial charge in [0, 0.05) is 19.2 Å². The standard InChI is InChI=1S/C25H34NOP/c1-20(26-18-10-11-21(26)19-27-2)24-16-9-17-25(24)28(22-12-5-3-6-13-22)23-14-7-4-8-15-23/h3-8,12-15,20-21,24-25H,9-11,16-19H2,1-2H3/t20-,21+,24?,25?/m0/s1. The number of ether oxygens (including phenoxy) is 1. The van der Waals surface area contributed by atoms with Crippen LogP contribution in [0.3, 0.4) is 0 Å². The molecule has 1 saturated heterocycles. The molecule has 0 radical (unpaired) electrons. The van der Waals surface area contributed by atoms with Gasteiger partial charge < -0.3 is 4.74 Å². The molecule has 4 atom stereocenters. The first-order valence-electron chi connectivity index (χ1n) is 10.9.